The molecule has 158 valence electrons. The summed E-state index contributed by atoms with van der Waals surface area (Å²) in [6.07, 6.45) is 0.850. The van der Waals surface area contributed by atoms with E-state index in [4.69, 9.17) is 0 Å². The predicted molar refractivity (Wildman–Crippen MR) is 103 cm³/mol. The quantitative estimate of drug-likeness (QED) is 0.748. The summed E-state index contributed by atoms with van der Waals surface area (Å²) in [5.41, 5.74) is 0.360. The molecule has 2 aromatic carbocycles. The van der Waals surface area contributed by atoms with Gasteiger partial charge in [0, 0.05) is 37.3 Å². The molecule has 2 N–H and O–H groups in total. The number of nitrogens with one attached hydrogen (secondary N) is 2. The maximum absolute atomic E-state index is 13.9. The number of anilines is 1. The maximum Gasteiger partial charge on any atom is 0.256 e. The Balaban J connectivity index is 1.58. The first-order valence-electron chi connectivity index (χ1n) is 9.37. The smallest absolute Gasteiger partial charge is 0.256 e. The second-order valence-electron chi connectivity index (χ2n) is 7.02. The van der Waals surface area contributed by atoms with Crippen LogP contribution < -0.4 is 10.6 Å². The molecule has 9 heteroatoms. The van der Waals surface area contributed by atoms with Crippen LogP contribution in [0.25, 0.3) is 0 Å². The molecule has 0 aliphatic carbocycles. The molecule has 0 bridgehead atoms. The van der Waals surface area contributed by atoms with E-state index in [0.29, 0.717) is 30.2 Å². The molecule has 0 atom stereocenters. The third-order valence-electron chi connectivity index (χ3n) is 4.83. The number of likely N-dealkylation sites (tertiary alicyclic amines) is 1. The molecule has 0 radical (unpaired) electrons. The van der Waals surface area contributed by atoms with E-state index in [0.717, 1.165) is 6.07 Å². The van der Waals surface area contributed by atoms with Crippen LogP contribution in [0.1, 0.15) is 40.5 Å². The summed E-state index contributed by atoms with van der Waals surface area (Å²) in [5, 5.41) is 5.48. The van der Waals surface area contributed by atoms with Crippen LogP contribution in [-0.4, -0.2) is 41.8 Å². The Hall–Kier alpha value is -3.36. The molecule has 3 amide bonds. The summed E-state index contributed by atoms with van der Waals surface area (Å²) in [5.74, 6) is -5.83. The zero-order valence-electron chi connectivity index (χ0n) is 16.2. The number of nitrogens with zero attached hydrogens (tertiary/aromatic N) is 1. The lowest BCUT2D eigenvalue weighted by Crippen LogP contribution is -2.46. The number of hydrogen-bond acceptors (Lipinski definition) is 3. The molecule has 0 unspecified atom stereocenters. The standard InChI is InChI=1S/C21H20F3N3O3/c1-12(28)25-15-4-2-3-13(11-15)20(29)26-14-7-9-27(10-8-14)21(30)16-5-6-17(22)19(24)18(16)23/h2-6,11,14H,7-10H2,1H3,(H,25,28)(H,26,29). The highest BCUT2D eigenvalue weighted by Crippen LogP contribution is 2.20. The molecule has 1 fully saturated rings. The molecule has 3 rings (SSSR count). The minimum Gasteiger partial charge on any atom is -0.349 e. The zero-order valence-corrected chi connectivity index (χ0v) is 16.2. The van der Waals surface area contributed by atoms with E-state index in [1.807, 2.05) is 0 Å². The molecule has 1 heterocycles. The molecule has 1 aliphatic heterocycles. The van der Waals surface area contributed by atoms with Crippen molar-refractivity contribution in [2.24, 2.45) is 0 Å². The topological polar surface area (TPSA) is 78.5 Å². The van der Waals surface area contributed by atoms with Crippen LogP contribution in [0.5, 0.6) is 0 Å². The van der Waals surface area contributed by atoms with Gasteiger partial charge in [-0.05, 0) is 43.2 Å². The van der Waals surface area contributed by atoms with Gasteiger partial charge in [-0.1, -0.05) is 6.07 Å². The van der Waals surface area contributed by atoms with Gasteiger partial charge in [0.2, 0.25) is 5.91 Å². The SMILES string of the molecule is CC(=O)Nc1cccc(C(=O)NC2CCN(C(=O)c3ccc(F)c(F)c3F)CC2)c1. The van der Waals surface area contributed by atoms with E-state index in [2.05, 4.69) is 10.6 Å². The lowest BCUT2D eigenvalue weighted by molar-refractivity contribution is -0.114. The number of halogens is 3. The van der Waals surface area contributed by atoms with Gasteiger partial charge in [-0.25, -0.2) is 13.2 Å². The first kappa shape index (κ1) is 21.4. The van der Waals surface area contributed by atoms with E-state index < -0.39 is 28.9 Å². The highest BCUT2D eigenvalue weighted by atomic mass is 19.2. The first-order valence-corrected chi connectivity index (χ1v) is 9.37. The first-order chi connectivity index (χ1) is 14.3. The highest BCUT2D eigenvalue weighted by Gasteiger charge is 2.28. The van der Waals surface area contributed by atoms with Gasteiger partial charge in [0.15, 0.2) is 17.5 Å². The van der Waals surface area contributed by atoms with Crippen LogP contribution in [0.3, 0.4) is 0 Å². The van der Waals surface area contributed by atoms with Gasteiger partial charge < -0.3 is 15.5 Å². The number of hydrogen-bond donors (Lipinski definition) is 2. The van der Waals surface area contributed by atoms with Gasteiger partial charge in [-0.3, -0.25) is 14.4 Å². The van der Waals surface area contributed by atoms with Crippen molar-refractivity contribution in [3.63, 3.8) is 0 Å². The van der Waals surface area contributed by atoms with Gasteiger partial charge in [0.05, 0.1) is 5.56 Å². The number of piperidine rings is 1. The van der Waals surface area contributed by atoms with Crippen LogP contribution in [-0.2, 0) is 4.79 Å². The third kappa shape index (κ3) is 4.79. The van der Waals surface area contributed by atoms with Crippen LogP contribution in [0.4, 0.5) is 18.9 Å². The normalized spacial score (nSPS) is 14.3. The molecule has 30 heavy (non-hydrogen) atoms. The fourth-order valence-electron chi connectivity index (χ4n) is 3.30. The number of benzene rings is 2. The average Bonchev–Trinajstić information content (AvgIpc) is 2.72. The lowest BCUT2D eigenvalue weighted by Gasteiger charge is -2.32. The van der Waals surface area contributed by atoms with Crippen LogP contribution in [0.2, 0.25) is 0 Å². The van der Waals surface area contributed by atoms with Gasteiger partial charge in [-0.2, -0.15) is 0 Å². The maximum atomic E-state index is 13.9. The van der Waals surface area contributed by atoms with E-state index in [1.54, 1.807) is 24.3 Å². The fraction of sp³-hybridized carbons (Fsp3) is 0.286. The summed E-state index contributed by atoms with van der Waals surface area (Å²) < 4.78 is 40.3. The average molecular weight is 419 g/mol. The van der Waals surface area contributed by atoms with Gasteiger partial charge in [0.25, 0.3) is 11.8 Å². The minimum atomic E-state index is -1.68. The Kier molecular flexibility index (Phi) is 6.39. The Bertz CT molecular complexity index is 989. The van der Waals surface area contributed by atoms with E-state index in [-0.39, 0.29) is 30.9 Å². The molecule has 1 aliphatic rings. The van der Waals surface area contributed by atoms with Gasteiger partial charge >= 0.3 is 0 Å². The Morgan fingerprint density at radius 1 is 1.00 bits per heavy atom. The minimum absolute atomic E-state index is 0.208. The number of amides is 3. The summed E-state index contributed by atoms with van der Waals surface area (Å²) in [4.78, 5) is 37.4. The van der Waals surface area contributed by atoms with Crippen molar-refractivity contribution < 1.29 is 27.6 Å². The number of rotatable bonds is 4. The van der Waals surface area contributed by atoms with E-state index >= 15 is 0 Å². The monoisotopic (exact) mass is 419 g/mol. The van der Waals surface area contributed by atoms with E-state index in [9.17, 15) is 27.6 Å². The second-order valence-corrected chi connectivity index (χ2v) is 7.02. The van der Waals surface area contributed by atoms with E-state index in [1.165, 1.54) is 11.8 Å². The van der Waals surface area contributed by atoms with Crippen LogP contribution in [0, 0.1) is 17.5 Å². The molecule has 6 nitrogen and oxygen atoms in total. The third-order valence-corrected chi connectivity index (χ3v) is 4.83. The number of carbonyl (C=O) groups is 3. The Labute approximate surface area is 171 Å². The second kappa shape index (κ2) is 8.98. The summed E-state index contributed by atoms with van der Waals surface area (Å²) in [6, 6.07) is 7.92. The Morgan fingerprint density at radius 2 is 1.70 bits per heavy atom. The van der Waals surface area contributed by atoms with Crippen molar-refractivity contribution in [2.45, 2.75) is 25.8 Å². The summed E-state index contributed by atoms with van der Waals surface area (Å²) in [6.45, 7) is 1.83. The number of carbonyl (C=O) groups excluding carboxylic acids is 3. The van der Waals surface area contributed by atoms with Gasteiger partial charge in [-0.15, -0.1) is 0 Å². The van der Waals surface area contributed by atoms with Crippen LogP contribution >= 0.6 is 0 Å². The lowest BCUT2D eigenvalue weighted by atomic mass is 10.0. The molecular formula is C21H20F3N3O3. The summed E-state index contributed by atoms with van der Waals surface area (Å²) >= 11 is 0. The summed E-state index contributed by atoms with van der Waals surface area (Å²) in [7, 11) is 0. The molecule has 0 saturated carbocycles. The van der Waals surface area contributed by atoms with Crippen molar-refractivity contribution in [3.05, 3.63) is 65.0 Å². The van der Waals surface area contributed by atoms with Crippen molar-refractivity contribution >= 4 is 23.4 Å². The van der Waals surface area contributed by atoms with Crippen LogP contribution in [0.15, 0.2) is 36.4 Å². The predicted octanol–water partition coefficient (Wildman–Crippen LogP) is 3.10. The van der Waals surface area contributed by atoms with Crippen molar-refractivity contribution in [2.75, 3.05) is 18.4 Å². The molecule has 0 spiro atoms. The largest absolute Gasteiger partial charge is 0.349 e. The molecular weight excluding hydrogens is 399 g/mol. The van der Waals surface area contributed by atoms with Crippen molar-refractivity contribution in [3.8, 4) is 0 Å². The van der Waals surface area contributed by atoms with Crippen molar-refractivity contribution in [1.82, 2.24) is 10.2 Å². The Morgan fingerprint density at radius 3 is 2.37 bits per heavy atom. The van der Waals surface area contributed by atoms with Gasteiger partial charge in [0.1, 0.15) is 0 Å². The van der Waals surface area contributed by atoms with Crippen molar-refractivity contribution in [1.29, 1.82) is 0 Å². The zero-order chi connectivity index (χ0) is 21.8. The highest BCUT2D eigenvalue weighted by molar-refractivity contribution is 5.97. The molecule has 1 saturated heterocycles. The molecule has 0 aromatic heterocycles. The fourth-order valence-corrected chi connectivity index (χ4v) is 3.30. The molecule has 2 aromatic rings.